The average molecular weight is 525 g/mol. The Bertz CT molecular complexity index is 1310. The lowest BCUT2D eigenvalue weighted by Crippen LogP contribution is -2.54. The van der Waals surface area contributed by atoms with Gasteiger partial charge < -0.3 is 25.2 Å². The molecule has 1 aliphatic heterocycles. The van der Waals surface area contributed by atoms with E-state index in [2.05, 4.69) is 15.0 Å². The van der Waals surface area contributed by atoms with Crippen molar-refractivity contribution in [1.82, 2.24) is 19.5 Å². The number of anilines is 1. The molecule has 1 aliphatic rings. The molecule has 202 valence electrons. The molecule has 0 saturated carbocycles. The molecule has 1 aromatic carbocycles. The fourth-order valence-corrected chi connectivity index (χ4v) is 4.49. The first-order chi connectivity index (χ1) is 18.0. The summed E-state index contributed by atoms with van der Waals surface area (Å²) in [5.74, 6) is -1.46. The van der Waals surface area contributed by atoms with Crippen LogP contribution in [-0.2, 0) is 31.3 Å². The predicted molar refractivity (Wildman–Crippen MR) is 137 cm³/mol. The molecule has 3 N–H and O–H groups in total. The molecule has 1 atom stereocenters. The Kier molecular flexibility index (Phi) is 7.63. The molecular formula is C26H32N6O6. The summed E-state index contributed by atoms with van der Waals surface area (Å²) in [5, 5.41) is 9.30. The predicted octanol–water partition coefficient (Wildman–Crippen LogP) is 3.06. The van der Waals surface area contributed by atoms with Crippen LogP contribution >= 0.6 is 0 Å². The van der Waals surface area contributed by atoms with Crippen molar-refractivity contribution in [2.45, 2.75) is 52.3 Å². The number of ether oxygens (including phenoxy) is 2. The Balaban J connectivity index is 1.53. The van der Waals surface area contributed by atoms with Gasteiger partial charge >= 0.3 is 18.1 Å². The molecule has 4 rings (SSSR count). The molecule has 0 unspecified atom stereocenters. The number of piperidine rings is 1. The molecule has 2 aromatic heterocycles. The number of carbonyl (C=O) groups is 3. The topological polar surface area (TPSA) is 163 Å². The van der Waals surface area contributed by atoms with Crippen LogP contribution in [-0.4, -0.2) is 55.8 Å². The Morgan fingerprint density at radius 1 is 1.08 bits per heavy atom. The molecular weight excluding hydrogens is 492 g/mol. The molecule has 0 radical (unpaired) electrons. The van der Waals surface area contributed by atoms with E-state index in [9.17, 15) is 19.5 Å². The van der Waals surface area contributed by atoms with Crippen molar-refractivity contribution >= 4 is 35.1 Å². The molecule has 38 heavy (non-hydrogen) atoms. The maximum Gasteiger partial charge on any atom is 0.516 e. The van der Waals surface area contributed by atoms with Crippen LogP contribution in [0.15, 0.2) is 43.0 Å². The van der Waals surface area contributed by atoms with Gasteiger partial charge in [-0.2, -0.15) is 0 Å². The van der Waals surface area contributed by atoms with Crippen LogP contribution in [0.2, 0.25) is 0 Å². The number of fused-ring (bicyclic) bond motifs is 1. The van der Waals surface area contributed by atoms with Crippen LogP contribution < -0.4 is 10.6 Å². The number of carbonyl (C=O) groups excluding carboxylic acids is 2. The first-order valence-corrected chi connectivity index (χ1v) is 12.4. The highest BCUT2D eigenvalue weighted by molar-refractivity contribution is 5.85. The van der Waals surface area contributed by atoms with Crippen molar-refractivity contribution in [3.8, 4) is 0 Å². The zero-order valence-electron chi connectivity index (χ0n) is 21.7. The van der Waals surface area contributed by atoms with E-state index >= 15 is 0 Å². The fourth-order valence-electron chi connectivity index (χ4n) is 4.49. The summed E-state index contributed by atoms with van der Waals surface area (Å²) < 4.78 is 11.6. The summed E-state index contributed by atoms with van der Waals surface area (Å²) in [5.41, 5.74) is 6.44. The number of imidazole rings is 1. The molecule has 3 heterocycles. The van der Waals surface area contributed by atoms with E-state index in [0.29, 0.717) is 42.9 Å². The minimum Gasteiger partial charge on any atom is -0.481 e. The third-order valence-electron chi connectivity index (χ3n) is 7.00. The summed E-state index contributed by atoms with van der Waals surface area (Å²) in [4.78, 5) is 51.6. The largest absolute Gasteiger partial charge is 0.516 e. The quantitative estimate of drug-likeness (QED) is 0.345. The van der Waals surface area contributed by atoms with Crippen LogP contribution in [0.4, 0.5) is 10.6 Å². The zero-order valence-corrected chi connectivity index (χ0v) is 21.7. The summed E-state index contributed by atoms with van der Waals surface area (Å²) in [7, 11) is 0. The van der Waals surface area contributed by atoms with Gasteiger partial charge in [-0.05, 0) is 23.8 Å². The highest BCUT2D eigenvalue weighted by atomic mass is 16.7. The van der Waals surface area contributed by atoms with E-state index in [0.717, 1.165) is 5.56 Å². The highest BCUT2D eigenvalue weighted by Gasteiger charge is 2.44. The van der Waals surface area contributed by atoms with E-state index in [1.54, 1.807) is 16.7 Å². The number of benzene rings is 1. The van der Waals surface area contributed by atoms with E-state index < -0.39 is 29.2 Å². The molecule has 0 spiro atoms. The van der Waals surface area contributed by atoms with Crippen molar-refractivity contribution in [3.63, 3.8) is 0 Å². The Hall–Kier alpha value is -4.06. The van der Waals surface area contributed by atoms with Crippen molar-refractivity contribution in [1.29, 1.82) is 0 Å². The first kappa shape index (κ1) is 27.0. The minimum atomic E-state index is -1.37. The minimum absolute atomic E-state index is 0.0322. The number of carboxylic acid groups (broad SMARTS) is 1. The summed E-state index contributed by atoms with van der Waals surface area (Å²) >= 11 is 0. The van der Waals surface area contributed by atoms with Gasteiger partial charge in [0.1, 0.15) is 18.6 Å². The smallest absolute Gasteiger partial charge is 0.481 e. The van der Waals surface area contributed by atoms with Crippen molar-refractivity contribution < 1.29 is 29.0 Å². The molecule has 0 amide bonds. The number of esters is 1. The Morgan fingerprint density at radius 2 is 1.76 bits per heavy atom. The monoisotopic (exact) mass is 524 g/mol. The van der Waals surface area contributed by atoms with Crippen molar-refractivity contribution in [3.05, 3.63) is 48.5 Å². The number of aliphatic carboxylic acids is 1. The molecule has 0 aliphatic carbocycles. The summed E-state index contributed by atoms with van der Waals surface area (Å²) in [6, 6.07) is 9.03. The van der Waals surface area contributed by atoms with Gasteiger partial charge in [0.25, 0.3) is 0 Å². The van der Waals surface area contributed by atoms with E-state index in [1.807, 2.05) is 43.9 Å². The van der Waals surface area contributed by atoms with Crippen molar-refractivity contribution in [2.75, 3.05) is 18.0 Å². The third-order valence-corrected chi connectivity index (χ3v) is 7.00. The lowest BCUT2D eigenvalue weighted by molar-refractivity contribution is -0.144. The molecule has 1 saturated heterocycles. The number of hydrogen-bond acceptors (Lipinski definition) is 10. The number of nitrogens with two attached hydrogens (primary N) is 1. The second-order valence-electron chi connectivity index (χ2n) is 10.4. The van der Waals surface area contributed by atoms with Crippen molar-refractivity contribution in [2.24, 2.45) is 17.1 Å². The zero-order chi connectivity index (χ0) is 27.5. The molecule has 12 heteroatoms. The van der Waals surface area contributed by atoms with Gasteiger partial charge in [-0.3, -0.25) is 14.2 Å². The lowest BCUT2D eigenvalue weighted by Gasteiger charge is -2.42. The second-order valence-corrected chi connectivity index (χ2v) is 10.4. The highest BCUT2D eigenvalue weighted by Crippen LogP contribution is 2.38. The number of aromatic nitrogens is 4. The van der Waals surface area contributed by atoms with E-state index in [-0.39, 0.29) is 18.9 Å². The Morgan fingerprint density at radius 3 is 2.39 bits per heavy atom. The maximum atomic E-state index is 12.8. The van der Waals surface area contributed by atoms with Gasteiger partial charge in [-0.25, -0.2) is 19.7 Å². The fraction of sp³-hybridized carbons (Fsp3) is 0.462. The molecule has 3 aromatic rings. The molecule has 12 nitrogen and oxygen atoms in total. The van der Waals surface area contributed by atoms with Crippen LogP contribution in [0, 0.1) is 11.3 Å². The standard InChI is InChI=1S/C26H32N6O6/c1-25(2,3)26(27,13-19(33)38-24(36)37-14-17-7-5-4-6-8-17)32-16-30-20-21(28-15-29-22(20)32)31-11-9-18(10-12-31)23(34)35/h4-8,15-16,18H,9-14,27H2,1-3H3,(H,34,35)/t26-/m0/s1. The first-order valence-electron chi connectivity index (χ1n) is 12.4. The van der Waals surface area contributed by atoms with E-state index in [1.165, 1.54) is 12.7 Å². The molecule has 0 bridgehead atoms. The maximum absolute atomic E-state index is 12.8. The van der Waals surface area contributed by atoms with Gasteiger partial charge in [0.15, 0.2) is 17.0 Å². The van der Waals surface area contributed by atoms with Gasteiger partial charge in [0.05, 0.1) is 18.7 Å². The average Bonchev–Trinajstić information content (AvgIpc) is 3.32. The normalized spacial score (nSPS) is 16.2. The van der Waals surface area contributed by atoms with Gasteiger partial charge in [-0.1, -0.05) is 51.1 Å². The number of nitrogens with zero attached hydrogens (tertiary/aromatic N) is 5. The third kappa shape index (κ3) is 5.59. The van der Waals surface area contributed by atoms with Crippen LogP contribution in [0.25, 0.3) is 11.2 Å². The Labute approximate surface area is 219 Å². The number of carboxylic acids is 1. The van der Waals surface area contributed by atoms with Gasteiger partial charge in [0.2, 0.25) is 0 Å². The van der Waals surface area contributed by atoms with Gasteiger partial charge in [0, 0.05) is 13.1 Å². The number of rotatable bonds is 7. The van der Waals surface area contributed by atoms with Crippen LogP contribution in [0.1, 0.15) is 45.6 Å². The lowest BCUT2D eigenvalue weighted by atomic mass is 9.78. The molecule has 1 fully saturated rings. The van der Waals surface area contributed by atoms with E-state index in [4.69, 9.17) is 15.2 Å². The van der Waals surface area contributed by atoms with Crippen LogP contribution in [0.5, 0.6) is 0 Å². The SMILES string of the molecule is CC(C)(C)[C@](N)(CC(=O)OC(=O)OCc1ccccc1)n1cnc2c(N3CCC(C(=O)O)CC3)ncnc21. The van der Waals surface area contributed by atoms with Gasteiger partial charge in [-0.15, -0.1) is 0 Å². The van der Waals surface area contributed by atoms with Crippen LogP contribution in [0.3, 0.4) is 0 Å². The second kappa shape index (κ2) is 10.7. The summed E-state index contributed by atoms with van der Waals surface area (Å²) in [6.45, 7) is 6.58. The number of hydrogen-bond donors (Lipinski definition) is 2. The summed E-state index contributed by atoms with van der Waals surface area (Å²) in [6.07, 6.45) is 2.42.